The van der Waals surface area contributed by atoms with E-state index in [0.29, 0.717) is 10.8 Å². The van der Waals surface area contributed by atoms with E-state index in [0.717, 1.165) is 11.1 Å². The molecule has 2 aromatic carbocycles. The van der Waals surface area contributed by atoms with Gasteiger partial charge in [0.05, 0.1) is 5.75 Å². The van der Waals surface area contributed by atoms with Crippen LogP contribution in [0.25, 0.3) is 0 Å². The van der Waals surface area contributed by atoms with Gasteiger partial charge in [-0.2, -0.15) is 0 Å². The van der Waals surface area contributed by atoms with Crippen molar-refractivity contribution in [3.8, 4) is 0 Å². The lowest BCUT2D eigenvalue weighted by Gasteiger charge is -2.07. The fraction of sp³-hybridized carbons (Fsp3) is 0.222. The highest BCUT2D eigenvalue weighted by Gasteiger charge is 2.07. The average molecular weight is 364 g/mol. The number of benzene rings is 2. The van der Waals surface area contributed by atoms with Crippen LogP contribution in [0.5, 0.6) is 0 Å². The molecule has 0 unspecified atom stereocenters. The second-order valence-electron chi connectivity index (χ2n) is 5.05. The van der Waals surface area contributed by atoms with Crippen molar-refractivity contribution in [3.05, 3.63) is 70.7 Å². The van der Waals surface area contributed by atoms with Crippen molar-refractivity contribution in [2.45, 2.75) is 12.4 Å². The maximum Gasteiger partial charge on any atom is 0.325 e. The molecule has 126 valence electrons. The number of esters is 1. The Morgan fingerprint density at radius 1 is 1.04 bits per heavy atom. The summed E-state index contributed by atoms with van der Waals surface area (Å²) < 4.78 is 5.09. The van der Waals surface area contributed by atoms with Crippen LogP contribution in [0.1, 0.15) is 11.1 Å². The molecule has 0 spiro atoms. The Balaban J connectivity index is 1.59. The summed E-state index contributed by atoms with van der Waals surface area (Å²) in [7, 11) is 0. The summed E-state index contributed by atoms with van der Waals surface area (Å²) in [5.41, 5.74) is 1.97. The summed E-state index contributed by atoms with van der Waals surface area (Å²) in [6.45, 7) is 0.0858. The number of hydrogen-bond acceptors (Lipinski definition) is 4. The monoisotopic (exact) mass is 363 g/mol. The minimum absolute atomic E-state index is 0.122. The molecule has 2 aromatic rings. The predicted molar refractivity (Wildman–Crippen MR) is 96.9 cm³/mol. The van der Waals surface area contributed by atoms with E-state index in [1.165, 1.54) is 11.8 Å². The minimum atomic E-state index is -0.452. The molecule has 6 heteroatoms. The first kappa shape index (κ1) is 18.4. The maximum atomic E-state index is 11.7. The van der Waals surface area contributed by atoms with Gasteiger partial charge < -0.3 is 10.1 Å². The van der Waals surface area contributed by atoms with Crippen molar-refractivity contribution in [1.82, 2.24) is 5.32 Å². The number of nitrogens with one attached hydrogen (secondary N) is 1. The molecular formula is C18H18ClNO3S. The predicted octanol–water partition coefficient (Wildman–Crippen LogP) is 3.43. The van der Waals surface area contributed by atoms with E-state index >= 15 is 0 Å². The minimum Gasteiger partial charge on any atom is -0.460 e. The first-order valence-corrected chi connectivity index (χ1v) is 8.95. The number of hydrogen-bond donors (Lipinski definition) is 1. The van der Waals surface area contributed by atoms with Crippen molar-refractivity contribution < 1.29 is 14.3 Å². The van der Waals surface area contributed by atoms with Gasteiger partial charge in [0, 0.05) is 10.8 Å². The van der Waals surface area contributed by atoms with Crippen LogP contribution in [0, 0.1) is 0 Å². The number of ether oxygens (including phenoxy) is 1. The first-order valence-electron chi connectivity index (χ1n) is 7.42. The average Bonchev–Trinajstić information content (AvgIpc) is 2.59. The third kappa shape index (κ3) is 7.06. The Kier molecular flexibility index (Phi) is 7.65. The highest BCUT2D eigenvalue weighted by molar-refractivity contribution is 7.99. The topological polar surface area (TPSA) is 55.4 Å². The van der Waals surface area contributed by atoms with Crippen LogP contribution in [0.2, 0.25) is 5.02 Å². The smallest absolute Gasteiger partial charge is 0.325 e. The highest BCUT2D eigenvalue weighted by atomic mass is 35.5. The molecule has 0 aromatic heterocycles. The van der Waals surface area contributed by atoms with Crippen molar-refractivity contribution in [1.29, 1.82) is 0 Å². The summed E-state index contributed by atoms with van der Waals surface area (Å²) in [5.74, 6) is 0.316. The number of thioether (sulfide) groups is 1. The molecule has 0 aliphatic heterocycles. The Morgan fingerprint density at radius 3 is 2.54 bits per heavy atom. The Morgan fingerprint density at radius 2 is 1.79 bits per heavy atom. The van der Waals surface area contributed by atoms with Crippen LogP contribution in [0.15, 0.2) is 54.6 Å². The molecular weight excluding hydrogens is 346 g/mol. The molecule has 24 heavy (non-hydrogen) atoms. The van der Waals surface area contributed by atoms with Gasteiger partial charge in [-0.1, -0.05) is 54.1 Å². The van der Waals surface area contributed by atoms with Crippen LogP contribution in [0.4, 0.5) is 0 Å². The van der Waals surface area contributed by atoms with Crippen molar-refractivity contribution >= 4 is 35.2 Å². The van der Waals surface area contributed by atoms with Crippen LogP contribution in [-0.2, 0) is 26.7 Å². The molecule has 0 saturated carbocycles. The Bertz CT molecular complexity index is 679. The summed E-state index contributed by atoms with van der Waals surface area (Å²) >= 11 is 7.37. The van der Waals surface area contributed by atoms with E-state index < -0.39 is 5.97 Å². The molecule has 0 aliphatic rings. The number of carbonyl (C=O) groups excluding carboxylic acids is 2. The quantitative estimate of drug-likeness (QED) is 0.730. The number of carbonyl (C=O) groups is 2. The van der Waals surface area contributed by atoms with Gasteiger partial charge in [0.2, 0.25) is 5.91 Å². The second kappa shape index (κ2) is 10.0. The van der Waals surface area contributed by atoms with E-state index in [1.54, 1.807) is 0 Å². The Hall–Kier alpha value is -1.98. The standard InChI is InChI=1S/C18H18ClNO3S/c19-16-8-4-7-15(9-16)12-24-13-17(21)20-10-18(22)23-11-14-5-2-1-3-6-14/h1-9H,10-13H2,(H,20,21). The molecule has 0 aliphatic carbocycles. The van der Waals surface area contributed by atoms with Crippen LogP contribution in [0.3, 0.4) is 0 Å². The van der Waals surface area contributed by atoms with Gasteiger partial charge in [0.25, 0.3) is 0 Å². The maximum absolute atomic E-state index is 11.7. The molecule has 1 amide bonds. The van der Waals surface area contributed by atoms with Crippen molar-refractivity contribution in [2.75, 3.05) is 12.3 Å². The lowest BCUT2D eigenvalue weighted by atomic mass is 10.2. The van der Waals surface area contributed by atoms with Gasteiger partial charge in [-0.3, -0.25) is 9.59 Å². The van der Waals surface area contributed by atoms with E-state index in [2.05, 4.69) is 5.32 Å². The molecule has 0 saturated heterocycles. The summed E-state index contributed by atoms with van der Waals surface area (Å²) in [6, 6.07) is 16.9. The molecule has 0 heterocycles. The zero-order chi connectivity index (χ0) is 17.2. The zero-order valence-corrected chi connectivity index (χ0v) is 14.6. The summed E-state index contributed by atoms with van der Waals surface area (Å²) in [5, 5.41) is 3.24. The van der Waals surface area contributed by atoms with E-state index in [9.17, 15) is 9.59 Å². The van der Waals surface area contributed by atoms with E-state index in [4.69, 9.17) is 16.3 Å². The third-order valence-electron chi connectivity index (χ3n) is 3.06. The van der Waals surface area contributed by atoms with Gasteiger partial charge in [0.15, 0.2) is 0 Å². The van der Waals surface area contributed by atoms with Crippen LogP contribution < -0.4 is 5.32 Å². The fourth-order valence-corrected chi connectivity index (χ4v) is 2.92. The first-order chi connectivity index (χ1) is 11.6. The normalized spacial score (nSPS) is 10.2. The van der Waals surface area contributed by atoms with Gasteiger partial charge in [0.1, 0.15) is 13.2 Å². The van der Waals surface area contributed by atoms with Gasteiger partial charge in [-0.05, 0) is 23.3 Å². The molecule has 0 bridgehead atoms. The number of rotatable bonds is 8. The molecule has 0 atom stereocenters. The van der Waals surface area contributed by atoms with Gasteiger partial charge >= 0.3 is 5.97 Å². The second-order valence-corrected chi connectivity index (χ2v) is 6.47. The summed E-state index contributed by atoms with van der Waals surface area (Å²) in [6.07, 6.45) is 0. The lowest BCUT2D eigenvalue weighted by Crippen LogP contribution is -2.31. The Labute approximate surface area is 150 Å². The molecule has 0 radical (unpaired) electrons. The number of halogens is 1. The summed E-state index contributed by atoms with van der Waals surface area (Å²) in [4.78, 5) is 23.3. The van der Waals surface area contributed by atoms with Crippen molar-refractivity contribution in [2.24, 2.45) is 0 Å². The van der Waals surface area contributed by atoms with Crippen LogP contribution in [-0.4, -0.2) is 24.2 Å². The molecule has 1 N–H and O–H groups in total. The van der Waals surface area contributed by atoms with Gasteiger partial charge in [-0.25, -0.2) is 0 Å². The zero-order valence-electron chi connectivity index (χ0n) is 13.0. The van der Waals surface area contributed by atoms with E-state index in [-0.39, 0.29) is 24.8 Å². The number of amides is 1. The lowest BCUT2D eigenvalue weighted by molar-refractivity contribution is -0.145. The van der Waals surface area contributed by atoms with Crippen molar-refractivity contribution in [3.63, 3.8) is 0 Å². The molecule has 0 fully saturated rings. The third-order valence-corrected chi connectivity index (χ3v) is 4.30. The van der Waals surface area contributed by atoms with Gasteiger partial charge in [-0.15, -0.1) is 11.8 Å². The highest BCUT2D eigenvalue weighted by Crippen LogP contribution is 2.16. The fourth-order valence-electron chi connectivity index (χ4n) is 1.90. The van der Waals surface area contributed by atoms with Crippen LogP contribution >= 0.6 is 23.4 Å². The molecule has 2 rings (SSSR count). The van der Waals surface area contributed by atoms with E-state index in [1.807, 2.05) is 54.6 Å². The SMILES string of the molecule is O=C(CSCc1cccc(Cl)c1)NCC(=O)OCc1ccccc1. The largest absolute Gasteiger partial charge is 0.460 e. The molecule has 4 nitrogen and oxygen atoms in total.